The first-order valence-corrected chi connectivity index (χ1v) is 12.0. The fourth-order valence-corrected chi connectivity index (χ4v) is 5.79. The first-order valence-electron chi connectivity index (χ1n) is 11.2. The Kier molecular flexibility index (Phi) is 6.49. The second-order valence-corrected chi connectivity index (χ2v) is 10.7. The summed E-state index contributed by atoms with van der Waals surface area (Å²) in [5.74, 6) is -1.36. The number of anilines is 1. The highest BCUT2D eigenvalue weighted by atomic mass is 35.5. The average molecular weight is 549 g/mol. The maximum absolute atomic E-state index is 13.6. The summed E-state index contributed by atoms with van der Waals surface area (Å²) in [5, 5.41) is 29.7. The normalized spacial score (nSPS) is 24.6. The van der Waals surface area contributed by atoms with E-state index < -0.39 is 43.4 Å². The first kappa shape index (κ1) is 26.5. The van der Waals surface area contributed by atoms with Crippen LogP contribution in [-0.2, 0) is 9.63 Å². The molecule has 2 aliphatic rings. The molecule has 0 heterocycles. The third-order valence-electron chi connectivity index (χ3n) is 8.17. The summed E-state index contributed by atoms with van der Waals surface area (Å²) in [6, 6.07) is 7.44. The molecule has 0 saturated heterocycles. The van der Waals surface area contributed by atoms with Gasteiger partial charge in [0.1, 0.15) is 0 Å². The van der Waals surface area contributed by atoms with Gasteiger partial charge in [-0.05, 0) is 30.4 Å². The van der Waals surface area contributed by atoms with Crippen LogP contribution in [0.25, 0.3) is 0 Å². The number of nitro groups is 2. The fourth-order valence-electron chi connectivity index (χ4n) is 5.44. The van der Waals surface area contributed by atoms with Crippen LogP contribution in [0.2, 0.25) is 10.0 Å². The SMILES string of the molecule is CC12CCC(C(=O)Nc3cccc(Cl)c3Cl)(CC1=NOC(=O)c1cc([N+](=O)[O-])cc([N+](=O)[O-])c1)C2(C)C. The van der Waals surface area contributed by atoms with Crippen LogP contribution in [0.4, 0.5) is 17.1 Å². The van der Waals surface area contributed by atoms with E-state index in [2.05, 4.69) is 10.5 Å². The standard InChI is InChI=1S/C24H22Cl2N4O7/c1-22(2)23(3)7-8-24(22,21(32)27-17-6-4-5-16(25)19(17)26)12-18(23)28-37-20(31)13-9-14(29(33)34)11-15(10-13)30(35)36/h4-6,9-11H,7-8,12H2,1-3H3,(H,27,32). The van der Waals surface area contributed by atoms with Gasteiger partial charge in [-0.15, -0.1) is 0 Å². The number of hydrogen-bond donors (Lipinski definition) is 1. The highest BCUT2D eigenvalue weighted by molar-refractivity contribution is 6.44. The molecule has 2 fully saturated rings. The highest BCUT2D eigenvalue weighted by Crippen LogP contribution is 2.71. The number of nitrogens with zero attached hydrogens (tertiary/aromatic N) is 3. The Morgan fingerprint density at radius 2 is 1.65 bits per heavy atom. The van der Waals surface area contributed by atoms with E-state index in [-0.39, 0.29) is 22.9 Å². The molecule has 2 aromatic carbocycles. The topological polar surface area (TPSA) is 154 Å². The molecule has 11 nitrogen and oxygen atoms in total. The molecule has 4 rings (SSSR count). The maximum atomic E-state index is 13.6. The lowest BCUT2D eigenvalue weighted by Gasteiger charge is -2.39. The highest BCUT2D eigenvalue weighted by Gasteiger charge is 2.71. The average Bonchev–Trinajstić information content (AvgIpc) is 3.15. The van der Waals surface area contributed by atoms with Crippen LogP contribution >= 0.6 is 23.2 Å². The minimum Gasteiger partial charge on any atom is -0.324 e. The third kappa shape index (κ3) is 4.11. The predicted molar refractivity (Wildman–Crippen MR) is 136 cm³/mol. The number of fused-ring (bicyclic) bond motifs is 2. The smallest absolute Gasteiger partial charge is 0.324 e. The van der Waals surface area contributed by atoms with E-state index in [1.54, 1.807) is 18.2 Å². The second-order valence-electron chi connectivity index (χ2n) is 9.94. The number of non-ortho nitro benzene ring substituents is 2. The minimum absolute atomic E-state index is 0.197. The van der Waals surface area contributed by atoms with Crippen molar-refractivity contribution < 1.29 is 24.3 Å². The molecule has 1 N–H and O–H groups in total. The molecule has 13 heteroatoms. The zero-order chi connectivity index (χ0) is 27.3. The zero-order valence-corrected chi connectivity index (χ0v) is 21.6. The minimum atomic E-state index is -1.09. The molecular weight excluding hydrogens is 527 g/mol. The summed E-state index contributed by atoms with van der Waals surface area (Å²) >= 11 is 12.3. The molecule has 2 unspecified atom stereocenters. The van der Waals surface area contributed by atoms with Crippen LogP contribution in [0.5, 0.6) is 0 Å². The van der Waals surface area contributed by atoms with E-state index >= 15 is 0 Å². The van der Waals surface area contributed by atoms with Crippen LogP contribution in [-0.4, -0.2) is 27.4 Å². The number of benzene rings is 2. The van der Waals surface area contributed by atoms with Crippen molar-refractivity contribution in [3.8, 4) is 0 Å². The molecule has 2 aromatic rings. The van der Waals surface area contributed by atoms with Gasteiger partial charge in [0.05, 0.1) is 48.3 Å². The Hall–Kier alpha value is -3.57. The fraction of sp³-hybridized carbons (Fsp3) is 0.375. The van der Waals surface area contributed by atoms with Crippen molar-refractivity contribution >= 4 is 57.9 Å². The number of amides is 1. The monoisotopic (exact) mass is 548 g/mol. The van der Waals surface area contributed by atoms with Gasteiger partial charge in [0.15, 0.2) is 0 Å². The van der Waals surface area contributed by atoms with Crippen LogP contribution < -0.4 is 5.32 Å². The summed E-state index contributed by atoms with van der Waals surface area (Å²) in [7, 11) is 0. The van der Waals surface area contributed by atoms with Crippen LogP contribution in [0.3, 0.4) is 0 Å². The molecule has 2 saturated carbocycles. The summed E-state index contributed by atoms with van der Waals surface area (Å²) in [6.45, 7) is 5.84. The summed E-state index contributed by atoms with van der Waals surface area (Å²) in [4.78, 5) is 52.0. The largest absolute Gasteiger partial charge is 0.366 e. The van der Waals surface area contributed by atoms with E-state index in [9.17, 15) is 29.8 Å². The molecule has 0 radical (unpaired) electrons. The molecular formula is C24H22Cl2N4O7. The van der Waals surface area contributed by atoms with Gasteiger partial charge in [0.25, 0.3) is 11.4 Å². The van der Waals surface area contributed by atoms with E-state index in [4.69, 9.17) is 28.0 Å². The van der Waals surface area contributed by atoms with E-state index in [0.717, 1.165) is 18.2 Å². The Morgan fingerprint density at radius 1 is 1.03 bits per heavy atom. The molecule has 1 amide bonds. The number of halogens is 2. The summed E-state index contributed by atoms with van der Waals surface area (Å²) in [5.41, 5.74) is -2.87. The van der Waals surface area contributed by atoms with Crippen molar-refractivity contribution in [1.82, 2.24) is 0 Å². The van der Waals surface area contributed by atoms with Gasteiger partial charge in [-0.3, -0.25) is 25.0 Å². The number of nitro benzene ring substituents is 2. The Morgan fingerprint density at radius 3 is 2.24 bits per heavy atom. The van der Waals surface area contributed by atoms with Crippen molar-refractivity contribution in [2.45, 2.75) is 40.0 Å². The molecule has 2 aliphatic carbocycles. The van der Waals surface area contributed by atoms with Gasteiger partial charge in [0.2, 0.25) is 5.91 Å². The van der Waals surface area contributed by atoms with Crippen molar-refractivity contribution in [2.75, 3.05) is 5.32 Å². The number of rotatable bonds is 6. The lowest BCUT2D eigenvalue weighted by molar-refractivity contribution is -0.394. The van der Waals surface area contributed by atoms with Crippen LogP contribution in [0.15, 0.2) is 41.6 Å². The molecule has 37 heavy (non-hydrogen) atoms. The van der Waals surface area contributed by atoms with Crippen LogP contribution in [0, 0.1) is 36.5 Å². The molecule has 0 aromatic heterocycles. The number of carbonyl (C=O) groups excluding carboxylic acids is 2. The van der Waals surface area contributed by atoms with Gasteiger partial charge in [-0.1, -0.05) is 55.2 Å². The lowest BCUT2D eigenvalue weighted by atomic mass is 9.64. The zero-order valence-electron chi connectivity index (χ0n) is 20.0. The van der Waals surface area contributed by atoms with Crippen molar-refractivity contribution in [1.29, 1.82) is 0 Å². The van der Waals surface area contributed by atoms with Gasteiger partial charge in [-0.25, -0.2) is 4.79 Å². The summed E-state index contributed by atoms with van der Waals surface area (Å²) in [6.07, 6.45) is 1.35. The third-order valence-corrected chi connectivity index (χ3v) is 8.99. The maximum Gasteiger partial charge on any atom is 0.366 e. The van der Waals surface area contributed by atoms with E-state index in [1.807, 2.05) is 20.8 Å². The number of nitrogens with one attached hydrogen (secondary N) is 1. The second kappa shape index (κ2) is 9.07. The van der Waals surface area contributed by atoms with Gasteiger partial charge < -0.3 is 10.2 Å². The van der Waals surface area contributed by atoms with E-state index in [1.165, 1.54) is 0 Å². The quantitative estimate of drug-likeness (QED) is 0.256. The van der Waals surface area contributed by atoms with Gasteiger partial charge in [0, 0.05) is 24.0 Å². The molecule has 0 spiro atoms. The Bertz CT molecular complexity index is 1360. The van der Waals surface area contributed by atoms with E-state index in [0.29, 0.717) is 29.3 Å². The number of oxime groups is 1. The Labute approximate surface area is 221 Å². The Balaban J connectivity index is 1.62. The van der Waals surface area contributed by atoms with Crippen molar-refractivity contribution in [2.24, 2.45) is 21.4 Å². The van der Waals surface area contributed by atoms with Crippen molar-refractivity contribution in [3.63, 3.8) is 0 Å². The number of hydrogen-bond acceptors (Lipinski definition) is 8. The summed E-state index contributed by atoms with van der Waals surface area (Å²) < 4.78 is 0. The molecule has 2 bridgehead atoms. The van der Waals surface area contributed by atoms with Crippen LogP contribution in [0.1, 0.15) is 50.4 Å². The molecule has 194 valence electrons. The van der Waals surface area contributed by atoms with Gasteiger partial charge in [-0.2, -0.15) is 0 Å². The van der Waals surface area contributed by atoms with Gasteiger partial charge >= 0.3 is 5.97 Å². The lowest BCUT2D eigenvalue weighted by Crippen LogP contribution is -2.43. The predicted octanol–water partition coefficient (Wildman–Crippen LogP) is 6.18. The number of carbonyl (C=O) groups is 2. The van der Waals surface area contributed by atoms with Crippen molar-refractivity contribution in [3.05, 3.63) is 72.2 Å². The first-order chi connectivity index (χ1) is 17.2. The molecule has 0 aliphatic heterocycles. The molecule has 2 atom stereocenters.